The molecule has 1 amide bonds. The van der Waals surface area contributed by atoms with Crippen LogP contribution in [0.25, 0.3) is 0 Å². The predicted molar refractivity (Wildman–Crippen MR) is 99.2 cm³/mol. The Morgan fingerprint density at radius 1 is 1.41 bits per heavy atom. The molecule has 3 rings (SSSR count). The van der Waals surface area contributed by atoms with E-state index in [1.165, 1.54) is 17.8 Å². The molecule has 0 radical (unpaired) electrons. The Hall–Kier alpha value is -2.13. The fourth-order valence-corrected chi connectivity index (χ4v) is 3.46. The number of thioether (sulfide) groups is 1. The number of aromatic nitrogens is 3. The number of amides is 1. The van der Waals surface area contributed by atoms with E-state index in [9.17, 15) is 9.18 Å². The summed E-state index contributed by atoms with van der Waals surface area (Å²) in [7, 11) is 1.62. The first-order chi connectivity index (χ1) is 13.1. The van der Waals surface area contributed by atoms with Gasteiger partial charge in [0.25, 0.3) is 0 Å². The van der Waals surface area contributed by atoms with E-state index in [4.69, 9.17) is 9.47 Å². The lowest BCUT2D eigenvalue weighted by molar-refractivity contribution is -0.118. The Labute approximate surface area is 161 Å². The zero-order valence-corrected chi connectivity index (χ0v) is 16.2. The van der Waals surface area contributed by atoms with Gasteiger partial charge in [-0.1, -0.05) is 23.9 Å². The van der Waals surface area contributed by atoms with Crippen LogP contribution in [-0.2, 0) is 16.1 Å². The van der Waals surface area contributed by atoms with Gasteiger partial charge in [-0.3, -0.25) is 9.36 Å². The minimum Gasteiger partial charge on any atom is -0.483 e. The lowest BCUT2D eigenvalue weighted by atomic mass is 10.3. The maximum atomic E-state index is 13.8. The molecular formula is C18H23FN4O3S. The van der Waals surface area contributed by atoms with Crippen LogP contribution in [0, 0.1) is 5.82 Å². The molecule has 0 bridgehead atoms. The highest BCUT2D eigenvalue weighted by Crippen LogP contribution is 2.24. The van der Waals surface area contributed by atoms with Gasteiger partial charge in [0.15, 0.2) is 22.5 Å². The van der Waals surface area contributed by atoms with Crippen molar-refractivity contribution in [3.8, 4) is 5.75 Å². The first-order valence-corrected chi connectivity index (χ1v) is 9.79. The molecule has 7 nitrogen and oxygen atoms in total. The summed E-state index contributed by atoms with van der Waals surface area (Å²) >= 11 is 1.32. The first kappa shape index (κ1) is 19.6. The molecule has 9 heteroatoms. The van der Waals surface area contributed by atoms with E-state index in [-0.39, 0.29) is 30.1 Å². The topological polar surface area (TPSA) is 78.3 Å². The fraction of sp³-hybridized carbons (Fsp3) is 0.500. The molecule has 0 aliphatic heterocycles. The highest BCUT2D eigenvalue weighted by atomic mass is 32.2. The Kier molecular flexibility index (Phi) is 6.68. The van der Waals surface area contributed by atoms with Gasteiger partial charge in [0.2, 0.25) is 5.91 Å². The summed E-state index contributed by atoms with van der Waals surface area (Å²) < 4.78 is 26.4. The third-order valence-electron chi connectivity index (χ3n) is 4.05. The third kappa shape index (κ3) is 5.43. The smallest absolute Gasteiger partial charge is 0.230 e. The first-order valence-electron chi connectivity index (χ1n) is 8.80. The summed E-state index contributed by atoms with van der Waals surface area (Å²) in [6.45, 7) is 2.48. The van der Waals surface area contributed by atoms with Crippen LogP contribution >= 0.6 is 11.8 Å². The molecule has 146 valence electrons. The number of para-hydroxylation sites is 1. The quantitative estimate of drug-likeness (QED) is 0.624. The lowest BCUT2D eigenvalue weighted by Crippen LogP contribution is -2.27. The monoisotopic (exact) mass is 394 g/mol. The average molecular weight is 394 g/mol. The molecule has 1 N–H and O–H groups in total. The Morgan fingerprint density at radius 2 is 2.19 bits per heavy atom. The van der Waals surface area contributed by atoms with E-state index in [0.717, 1.165) is 12.8 Å². The molecule has 0 saturated heterocycles. The van der Waals surface area contributed by atoms with Gasteiger partial charge in [0.1, 0.15) is 6.61 Å². The molecule has 1 aromatic heterocycles. The number of hydrogen-bond donors (Lipinski definition) is 1. The molecule has 1 atom stereocenters. The average Bonchev–Trinajstić information content (AvgIpc) is 3.36. The number of benzene rings is 1. The molecule has 2 aromatic rings. The molecular weight excluding hydrogens is 371 g/mol. The summed E-state index contributed by atoms with van der Waals surface area (Å²) in [5.41, 5.74) is 0. The summed E-state index contributed by atoms with van der Waals surface area (Å²) in [4.78, 5) is 11.9. The Bertz CT molecular complexity index is 782. The Morgan fingerprint density at radius 3 is 2.89 bits per heavy atom. The van der Waals surface area contributed by atoms with Crippen LogP contribution < -0.4 is 10.1 Å². The Balaban J connectivity index is 1.69. The molecule has 1 aliphatic rings. The lowest BCUT2D eigenvalue weighted by Gasteiger charge is -2.17. The minimum absolute atomic E-state index is 0.0133. The van der Waals surface area contributed by atoms with Crippen molar-refractivity contribution < 1.29 is 18.7 Å². The van der Waals surface area contributed by atoms with Crippen LogP contribution in [0.1, 0.15) is 31.6 Å². The molecule has 0 unspecified atom stereocenters. The van der Waals surface area contributed by atoms with Crippen LogP contribution in [0.4, 0.5) is 4.39 Å². The maximum Gasteiger partial charge on any atom is 0.230 e. The van der Waals surface area contributed by atoms with E-state index in [0.29, 0.717) is 23.6 Å². The van der Waals surface area contributed by atoms with Crippen LogP contribution in [0.2, 0.25) is 0 Å². The number of nitrogens with zero attached hydrogens (tertiary/aromatic N) is 3. The number of carbonyl (C=O) groups is 1. The SMILES string of the molecule is COC[C@H](C)n1c(COc2ccccc2F)nnc1SCC(=O)NC1CC1. The van der Waals surface area contributed by atoms with Crippen molar-refractivity contribution >= 4 is 17.7 Å². The largest absolute Gasteiger partial charge is 0.483 e. The van der Waals surface area contributed by atoms with Gasteiger partial charge in [-0.2, -0.15) is 0 Å². The molecule has 27 heavy (non-hydrogen) atoms. The number of rotatable bonds is 10. The van der Waals surface area contributed by atoms with E-state index in [1.807, 2.05) is 11.5 Å². The molecule has 0 spiro atoms. The number of ether oxygens (including phenoxy) is 2. The second kappa shape index (κ2) is 9.18. The van der Waals surface area contributed by atoms with Crippen molar-refractivity contribution in [2.45, 2.75) is 43.6 Å². The van der Waals surface area contributed by atoms with Gasteiger partial charge < -0.3 is 14.8 Å². The van der Waals surface area contributed by atoms with Crippen molar-refractivity contribution in [3.05, 3.63) is 35.9 Å². The minimum atomic E-state index is -0.431. The van der Waals surface area contributed by atoms with E-state index < -0.39 is 5.82 Å². The van der Waals surface area contributed by atoms with Crippen molar-refractivity contribution in [1.29, 1.82) is 0 Å². The van der Waals surface area contributed by atoms with Crippen molar-refractivity contribution in [2.75, 3.05) is 19.5 Å². The van der Waals surface area contributed by atoms with Crippen LogP contribution in [0.5, 0.6) is 5.75 Å². The van der Waals surface area contributed by atoms with E-state index >= 15 is 0 Å². The molecule has 1 heterocycles. The van der Waals surface area contributed by atoms with Crippen LogP contribution in [0.15, 0.2) is 29.4 Å². The van der Waals surface area contributed by atoms with Gasteiger partial charge in [-0.05, 0) is 31.9 Å². The van der Waals surface area contributed by atoms with E-state index in [1.54, 1.807) is 25.3 Å². The molecule has 1 fully saturated rings. The summed E-state index contributed by atoms with van der Waals surface area (Å²) in [5.74, 6) is 0.528. The number of hydrogen-bond acceptors (Lipinski definition) is 6. The van der Waals surface area contributed by atoms with Crippen LogP contribution in [0.3, 0.4) is 0 Å². The zero-order chi connectivity index (χ0) is 19.2. The van der Waals surface area contributed by atoms with Crippen molar-refractivity contribution in [2.24, 2.45) is 0 Å². The van der Waals surface area contributed by atoms with Gasteiger partial charge in [-0.15, -0.1) is 10.2 Å². The standard InChI is InChI=1S/C18H23FN4O3S/c1-12(9-25-2)23-16(10-26-15-6-4-3-5-14(15)19)21-22-18(23)27-11-17(24)20-13-7-8-13/h3-6,12-13H,7-11H2,1-2H3,(H,20,24)/t12-/m0/s1. The van der Waals surface area contributed by atoms with Crippen molar-refractivity contribution in [1.82, 2.24) is 20.1 Å². The van der Waals surface area contributed by atoms with Gasteiger partial charge in [0, 0.05) is 13.2 Å². The van der Waals surface area contributed by atoms with Crippen molar-refractivity contribution in [3.63, 3.8) is 0 Å². The fourth-order valence-electron chi connectivity index (χ4n) is 2.59. The number of halogens is 1. The predicted octanol–water partition coefficient (Wildman–Crippen LogP) is 2.57. The molecule has 1 saturated carbocycles. The zero-order valence-electron chi connectivity index (χ0n) is 15.4. The van der Waals surface area contributed by atoms with Crippen LogP contribution in [-0.4, -0.2) is 46.2 Å². The second-order valence-corrected chi connectivity index (χ2v) is 7.37. The van der Waals surface area contributed by atoms with Gasteiger partial charge in [0.05, 0.1) is 18.4 Å². The maximum absolute atomic E-state index is 13.8. The highest BCUT2D eigenvalue weighted by Gasteiger charge is 2.24. The normalized spacial score (nSPS) is 14.8. The van der Waals surface area contributed by atoms with Gasteiger partial charge >= 0.3 is 0 Å². The number of methoxy groups -OCH3 is 1. The van der Waals surface area contributed by atoms with Gasteiger partial charge in [-0.25, -0.2) is 4.39 Å². The summed E-state index contributed by atoms with van der Waals surface area (Å²) in [5, 5.41) is 11.9. The number of carbonyl (C=O) groups excluding carboxylic acids is 1. The summed E-state index contributed by atoms with van der Waals surface area (Å²) in [6, 6.07) is 6.48. The molecule has 1 aliphatic carbocycles. The molecule has 1 aromatic carbocycles. The second-order valence-electron chi connectivity index (χ2n) is 6.42. The summed E-state index contributed by atoms with van der Waals surface area (Å²) in [6.07, 6.45) is 2.10. The number of nitrogens with one attached hydrogen (secondary N) is 1. The third-order valence-corrected chi connectivity index (χ3v) is 5.00. The highest BCUT2D eigenvalue weighted by molar-refractivity contribution is 7.99. The van der Waals surface area contributed by atoms with E-state index in [2.05, 4.69) is 15.5 Å².